The first kappa shape index (κ1) is 17.5. The van der Waals surface area contributed by atoms with Gasteiger partial charge in [-0.25, -0.2) is 8.42 Å². The summed E-state index contributed by atoms with van der Waals surface area (Å²) in [6, 6.07) is 10.5. The van der Waals surface area contributed by atoms with Crippen LogP contribution in [0.3, 0.4) is 0 Å². The van der Waals surface area contributed by atoms with Crippen LogP contribution in [0.2, 0.25) is 0 Å². The molecule has 25 heavy (non-hydrogen) atoms. The Bertz CT molecular complexity index is 932. The molecule has 0 aliphatic heterocycles. The second-order valence-electron chi connectivity index (χ2n) is 6.65. The van der Waals surface area contributed by atoms with E-state index in [2.05, 4.69) is 10.0 Å². The molecule has 0 heterocycles. The summed E-state index contributed by atoms with van der Waals surface area (Å²) in [4.78, 5) is 12.3. The molecule has 1 aliphatic rings. The number of amides is 1. The summed E-state index contributed by atoms with van der Waals surface area (Å²) < 4.78 is 28.3. The number of hydrogen-bond donors (Lipinski definition) is 2. The summed E-state index contributed by atoms with van der Waals surface area (Å²) >= 11 is 0. The van der Waals surface area contributed by atoms with Crippen LogP contribution in [-0.2, 0) is 10.0 Å². The van der Waals surface area contributed by atoms with Gasteiger partial charge in [0.2, 0.25) is 0 Å². The molecule has 0 spiro atoms. The third kappa shape index (κ3) is 4.02. The zero-order valence-electron chi connectivity index (χ0n) is 14.6. The van der Waals surface area contributed by atoms with E-state index in [1.54, 1.807) is 25.1 Å². The molecule has 5 nitrogen and oxygen atoms in total. The van der Waals surface area contributed by atoms with Crippen molar-refractivity contribution in [2.45, 2.75) is 44.6 Å². The molecule has 0 bridgehead atoms. The Morgan fingerprint density at radius 3 is 2.36 bits per heavy atom. The van der Waals surface area contributed by atoms with Crippen LogP contribution in [0.25, 0.3) is 0 Å². The van der Waals surface area contributed by atoms with Crippen molar-refractivity contribution in [2.24, 2.45) is 0 Å². The summed E-state index contributed by atoms with van der Waals surface area (Å²) in [5.41, 5.74) is 3.41. The van der Waals surface area contributed by atoms with Crippen LogP contribution in [-0.4, -0.2) is 20.4 Å². The van der Waals surface area contributed by atoms with Gasteiger partial charge in [-0.1, -0.05) is 23.8 Å². The molecule has 1 fully saturated rings. The molecule has 2 N–H and O–H groups in total. The molecule has 2 aromatic carbocycles. The lowest BCUT2D eigenvalue weighted by atomic mass is 10.1. The lowest BCUT2D eigenvalue weighted by Gasteiger charge is -2.14. The summed E-state index contributed by atoms with van der Waals surface area (Å²) in [6.45, 7) is 5.54. The van der Waals surface area contributed by atoms with Crippen LogP contribution >= 0.6 is 0 Å². The van der Waals surface area contributed by atoms with E-state index in [0.29, 0.717) is 16.8 Å². The highest BCUT2D eigenvalue weighted by Crippen LogP contribution is 2.24. The maximum absolute atomic E-state index is 12.8. The Morgan fingerprint density at radius 1 is 1.00 bits per heavy atom. The molecule has 0 saturated heterocycles. The molecular weight excluding hydrogens is 336 g/mol. The second-order valence-corrected chi connectivity index (χ2v) is 8.30. The first-order valence-electron chi connectivity index (χ1n) is 8.28. The van der Waals surface area contributed by atoms with Gasteiger partial charge in [-0.2, -0.15) is 0 Å². The van der Waals surface area contributed by atoms with Gasteiger partial charge in [-0.05, 0) is 62.9 Å². The summed E-state index contributed by atoms with van der Waals surface area (Å²) in [7, 11) is -3.78. The fourth-order valence-electron chi connectivity index (χ4n) is 2.66. The van der Waals surface area contributed by atoms with Gasteiger partial charge in [0.25, 0.3) is 15.9 Å². The minimum atomic E-state index is -3.78. The van der Waals surface area contributed by atoms with Crippen LogP contribution < -0.4 is 10.0 Å². The second kappa shape index (κ2) is 6.52. The molecule has 2 aromatic rings. The van der Waals surface area contributed by atoms with Gasteiger partial charge in [0.1, 0.15) is 0 Å². The summed E-state index contributed by atoms with van der Waals surface area (Å²) in [5, 5.41) is 2.88. The van der Waals surface area contributed by atoms with E-state index in [9.17, 15) is 13.2 Å². The number of benzene rings is 2. The van der Waals surface area contributed by atoms with E-state index in [1.807, 2.05) is 26.0 Å². The van der Waals surface area contributed by atoms with Crippen molar-refractivity contribution in [3.8, 4) is 0 Å². The fraction of sp³-hybridized carbons (Fsp3) is 0.316. The van der Waals surface area contributed by atoms with Gasteiger partial charge < -0.3 is 5.32 Å². The highest BCUT2D eigenvalue weighted by atomic mass is 32.2. The minimum absolute atomic E-state index is 0.121. The predicted octanol–water partition coefficient (Wildman–Crippen LogP) is 3.30. The van der Waals surface area contributed by atoms with Crippen LogP contribution in [0.1, 0.15) is 39.9 Å². The van der Waals surface area contributed by atoms with Crippen LogP contribution in [0.5, 0.6) is 0 Å². The highest BCUT2D eigenvalue weighted by Gasteiger charge is 2.25. The molecule has 0 radical (unpaired) electrons. The molecule has 6 heteroatoms. The number of aryl methyl sites for hydroxylation is 3. The van der Waals surface area contributed by atoms with Crippen molar-refractivity contribution in [1.82, 2.24) is 5.32 Å². The molecule has 132 valence electrons. The largest absolute Gasteiger partial charge is 0.349 e. The van der Waals surface area contributed by atoms with Crippen molar-refractivity contribution in [2.75, 3.05) is 4.72 Å². The SMILES string of the molecule is Cc1ccc(NS(=O)(=O)c2cc(C(=O)NC3CC3)ccc2C)c(C)c1. The van der Waals surface area contributed by atoms with Gasteiger partial charge in [-0.15, -0.1) is 0 Å². The van der Waals surface area contributed by atoms with Crippen molar-refractivity contribution < 1.29 is 13.2 Å². The Morgan fingerprint density at radius 2 is 1.72 bits per heavy atom. The standard InChI is InChI=1S/C19H22N2O3S/c1-12-4-9-17(14(3)10-12)21-25(23,24)18-11-15(6-5-13(18)2)19(22)20-16-7-8-16/h4-6,9-11,16,21H,7-8H2,1-3H3,(H,20,22). The van der Waals surface area contributed by atoms with E-state index >= 15 is 0 Å². The van der Waals surface area contributed by atoms with E-state index in [0.717, 1.165) is 24.0 Å². The topological polar surface area (TPSA) is 75.3 Å². The van der Waals surface area contributed by atoms with Gasteiger partial charge in [-0.3, -0.25) is 9.52 Å². The normalized spacial score (nSPS) is 14.2. The number of carbonyl (C=O) groups excluding carboxylic acids is 1. The van der Waals surface area contributed by atoms with E-state index in [4.69, 9.17) is 0 Å². The summed E-state index contributed by atoms with van der Waals surface area (Å²) in [5.74, 6) is -0.231. The van der Waals surface area contributed by atoms with Crippen LogP contribution in [0, 0.1) is 20.8 Å². The highest BCUT2D eigenvalue weighted by molar-refractivity contribution is 7.92. The lowest BCUT2D eigenvalue weighted by Crippen LogP contribution is -2.26. The zero-order chi connectivity index (χ0) is 18.2. The molecule has 1 aliphatic carbocycles. The molecule has 0 unspecified atom stereocenters. The number of rotatable bonds is 5. The van der Waals surface area contributed by atoms with Gasteiger partial charge in [0.15, 0.2) is 0 Å². The average molecular weight is 358 g/mol. The van der Waals surface area contributed by atoms with Crippen molar-refractivity contribution in [1.29, 1.82) is 0 Å². The third-order valence-corrected chi connectivity index (χ3v) is 5.79. The molecule has 3 rings (SSSR count). The smallest absolute Gasteiger partial charge is 0.262 e. The number of sulfonamides is 1. The average Bonchev–Trinajstić information content (AvgIpc) is 3.34. The molecule has 0 aromatic heterocycles. The number of nitrogens with one attached hydrogen (secondary N) is 2. The molecule has 1 saturated carbocycles. The quantitative estimate of drug-likeness (QED) is 0.861. The monoisotopic (exact) mass is 358 g/mol. The predicted molar refractivity (Wildman–Crippen MR) is 98.4 cm³/mol. The van der Waals surface area contributed by atoms with E-state index in [1.165, 1.54) is 6.07 Å². The maximum atomic E-state index is 12.8. The van der Waals surface area contributed by atoms with Gasteiger partial charge >= 0.3 is 0 Å². The number of carbonyl (C=O) groups is 1. The van der Waals surface area contributed by atoms with Crippen molar-refractivity contribution in [3.05, 3.63) is 58.7 Å². The van der Waals surface area contributed by atoms with Crippen LogP contribution in [0.15, 0.2) is 41.3 Å². The molecular formula is C19H22N2O3S. The van der Waals surface area contributed by atoms with Crippen LogP contribution in [0.4, 0.5) is 5.69 Å². The Kier molecular flexibility index (Phi) is 4.56. The third-order valence-electron chi connectivity index (χ3n) is 4.28. The number of hydrogen-bond acceptors (Lipinski definition) is 3. The first-order valence-corrected chi connectivity index (χ1v) is 9.76. The zero-order valence-corrected chi connectivity index (χ0v) is 15.4. The van der Waals surface area contributed by atoms with Crippen molar-refractivity contribution in [3.63, 3.8) is 0 Å². The minimum Gasteiger partial charge on any atom is -0.349 e. The summed E-state index contributed by atoms with van der Waals surface area (Å²) in [6.07, 6.45) is 1.97. The molecule has 1 amide bonds. The molecule has 0 atom stereocenters. The Hall–Kier alpha value is -2.34. The maximum Gasteiger partial charge on any atom is 0.262 e. The lowest BCUT2D eigenvalue weighted by molar-refractivity contribution is 0.0951. The van der Waals surface area contributed by atoms with E-state index in [-0.39, 0.29) is 16.8 Å². The van der Waals surface area contributed by atoms with E-state index < -0.39 is 10.0 Å². The first-order chi connectivity index (χ1) is 11.8. The Balaban J connectivity index is 1.91. The van der Waals surface area contributed by atoms with Gasteiger partial charge in [0.05, 0.1) is 10.6 Å². The Labute approximate surface area is 148 Å². The fourth-order valence-corrected chi connectivity index (χ4v) is 4.06. The number of anilines is 1. The van der Waals surface area contributed by atoms with Crippen molar-refractivity contribution >= 4 is 21.6 Å². The van der Waals surface area contributed by atoms with Gasteiger partial charge in [0, 0.05) is 11.6 Å².